The fraction of sp³-hybridized carbons (Fsp3) is 0.0741. The molecule has 1 aliphatic carbocycles. The maximum atomic E-state index is 12.6. The normalized spacial score (nSPS) is 12.3. The number of rotatable bonds is 6. The fourth-order valence-electron chi connectivity index (χ4n) is 3.37. The van der Waals surface area contributed by atoms with Gasteiger partial charge in [-0.15, -0.1) is 5.69 Å². The van der Waals surface area contributed by atoms with Gasteiger partial charge in [0.15, 0.2) is 11.6 Å². The second kappa shape index (κ2) is 11.5. The number of hydrogen-bond acceptors (Lipinski definition) is 3. The largest absolute Gasteiger partial charge is 1.00 e. The predicted octanol–water partition coefficient (Wildman–Crippen LogP) is 3.23. The Hall–Kier alpha value is -2.41. The maximum absolute atomic E-state index is 12.6. The summed E-state index contributed by atoms with van der Waals surface area (Å²) in [5, 5.41) is 4.13. The van der Waals surface area contributed by atoms with Gasteiger partial charge in [-0.25, -0.2) is 0 Å². The smallest absolute Gasteiger partial charge is 0.623 e. The second-order valence-electron chi connectivity index (χ2n) is 7.21. The molecule has 0 saturated heterocycles. The van der Waals surface area contributed by atoms with Crippen LogP contribution in [0.2, 0.25) is 0 Å². The van der Waals surface area contributed by atoms with Crippen molar-refractivity contribution in [2.24, 2.45) is 0 Å². The molecule has 0 unspecified atom stereocenters. The number of nitrogens with zero attached hydrogens (tertiary/aromatic N) is 1. The molecule has 0 bridgehead atoms. The first-order valence-electron chi connectivity index (χ1n) is 10.1. The topological polar surface area (TPSA) is 65.3 Å². The zero-order valence-corrected chi connectivity index (χ0v) is 20.9. The van der Waals surface area contributed by atoms with Crippen LogP contribution in [0, 0.1) is 0 Å². The van der Waals surface area contributed by atoms with Gasteiger partial charge in [-0.3, -0.25) is 9.59 Å². The first-order chi connectivity index (χ1) is 15.1. The minimum Gasteiger partial charge on any atom is -0.623 e. The van der Waals surface area contributed by atoms with E-state index in [2.05, 4.69) is 5.32 Å². The first-order valence-corrected chi connectivity index (χ1v) is 10.1. The molecule has 0 saturated carbocycles. The first kappa shape index (κ1) is 24.2. The third-order valence-electron chi connectivity index (χ3n) is 5.03. The van der Waals surface area contributed by atoms with Gasteiger partial charge in [0.2, 0.25) is 0 Å². The van der Waals surface area contributed by atoms with Crippen LogP contribution in [-0.2, 0) is 0 Å². The average molecular weight is 446 g/mol. The van der Waals surface area contributed by atoms with E-state index in [9.17, 15) is 14.4 Å². The SMILES string of the molecule is O=C([N-]c1ccc(C(=O)C2=CCCC=C2)cc1)c1cccc(C(=O)c2ccccc2)c1.[K+]. The quantitative estimate of drug-likeness (QED) is 0.432. The molecule has 0 N–H and O–H groups in total. The van der Waals surface area contributed by atoms with Gasteiger partial charge in [0.25, 0.3) is 0 Å². The van der Waals surface area contributed by atoms with Gasteiger partial charge >= 0.3 is 51.4 Å². The number of amides is 1. The van der Waals surface area contributed by atoms with Crippen molar-refractivity contribution < 1.29 is 65.8 Å². The molecular formula is C27H20KNO3. The minimum atomic E-state index is -0.445. The molecule has 0 aliphatic heterocycles. The molecule has 0 radical (unpaired) electrons. The van der Waals surface area contributed by atoms with Crippen LogP contribution in [0.5, 0.6) is 0 Å². The van der Waals surface area contributed by atoms with E-state index in [1.165, 1.54) is 0 Å². The van der Waals surface area contributed by atoms with E-state index in [-0.39, 0.29) is 63.0 Å². The summed E-state index contributed by atoms with van der Waals surface area (Å²) in [6.07, 6.45) is 7.59. The third-order valence-corrected chi connectivity index (χ3v) is 5.03. The van der Waals surface area contributed by atoms with Crippen LogP contribution in [0.3, 0.4) is 0 Å². The number of hydrogen-bond donors (Lipinski definition) is 0. The molecule has 1 aliphatic rings. The van der Waals surface area contributed by atoms with Gasteiger partial charge in [0.05, 0.1) is 5.91 Å². The molecule has 32 heavy (non-hydrogen) atoms. The average Bonchev–Trinajstić information content (AvgIpc) is 2.85. The summed E-state index contributed by atoms with van der Waals surface area (Å²) < 4.78 is 0. The van der Waals surface area contributed by atoms with Crippen molar-refractivity contribution in [3.63, 3.8) is 0 Å². The minimum absolute atomic E-state index is 0. The summed E-state index contributed by atoms with van der Waals surface area (Å²) in [6, 6.07) is 22.1. The Balaban J connectivity index is 0.00000289. The Morgan fingerprint density at radius 3 is 2.00 bits per heavy atom. The van der Waals surface area contributed by atoms with E-state index in [0.717, 1.165) is 12.8 Å². The van der Waals surface area contributed by atoms with Gasteiger partial charge in [-0.2, -0.15) is 0 Å². The zero-order valence-electron chi connectivity index (χ0n) is 17.8. The fourth-order valence-corrected chi connectivity index (χ4v) is 3.37. The summed E-state index contributed by atoms with van der Waals surface area (Å²) in [5.74, 6) is -0.634. The summed E-state index contributed by atoms with van der Waals surface area (Å²) in [6.45, 7) is 0. The van der Waals surface area contributed by atoms with Gasteiger partial charge in [0, 0.05) is 27.8 Å². The van der Waals surface area contributed by atoms with E-state index in [0.29, 0.717) is 33.5 Å². The number of carbonyl (C=O) groups is 3. The maximum Gasteiger partial charge on any atom is 1.00 e. The van der Waals surface area contributed by atoms with Gasteiger partial charge in [-0.1, -0.05) is 91.0 Å². The standard InChI is InChI=1S/C27H21NO3.K/c29-25(19-8-3-1-4-9-19)21-14-16-24(17-15-21)28-27(31)23-13-7-12-22(18-23)26(30)20-10-5-2-6-11-20;/h2-3,5-18H,1,4H2,(H,28,29,31);/q;+1/p-1. The molecular weight excluding hydrogens is 425 g/mol. The van der Waals surface area contributed by atoms with Crippen LogP contribution in [0.1, 0.15) is 49.5 Å². The van der Waals surface area contributed by atoms with Crippen molar-refractivity contribution in [1.82, 2.24) is 0 Å². The Morgan fingerprint density at radius 1 is 0.656 bits per heavy atom. The molecule has 4 rings (SSSR count). The van der Waals surface area contributed by atoms with E-state index in [4.69, 9.17) is 0 Å². The van der Waals surface area contributed by atoms with Crippen LogP contribution in [0.15, 0.2) is 103 Å². The molecule has 4 nitrogen and oxygen atoms in total. The van der Waals surface area contributed by atoms with Crippen LogP contribution < -0.4 is 51.4 Å². The number of ketones is 2. The predicted molar refractivity (Wildman–Crippen MR) is 121 cm³/mol. The monoisotopic (exact) mass is 445 g/mol. The Labute approximate surface area is 229 Å². The molecule has 0 fully saturated rings. The molecule has 0 atom stereocenters. The van der Waals surface area contributed by atoms with Crippen LogP contribution in [-0.4, -0.2) is 17.5 Å². The van der Waals surface area contributed by atoms with Crippen LogP contribution in [0.4, 0.5) is 5.69 Å². The number of allylic oxidation sites excluding steroid dienone is 4. The molecule has 0 heterocycles. The van der Waals surface area contributed by atoms with E-state index < -0.39 is 5.91 Å². The number of Topliss-reactive ketones (excluding diaryl/α,β-unsaturated/α-hetero) is 1. The number of carbonyl (C=O) groups excluding carboxylic acids is 3. The summed E-state index contributed by atoms with van der Waals surface area (Å²) in [4.78, 5) is 37.8. The Kier molecular flexibility index (Phi) is 8.67. The summed E-state index contributed by atoms with van der Waals surface area (Å²) >= 11 is 0. The molecule has 0 aromatic heterocycles. The summed E-state index contributed by atoms with van der Waals surface area (Å²) in [7, 11) is 0. The zero-order chi connectivity index (χ0) is 21.6. The van der Waals surface area contributed by atoms with Gasteiger partial charge in [-0.05, 0) is 18.9 Å². The van der Waals surface area contributed by atoms with Crippen molar-refractivity contribution in [2.45, 2.75) is 12.8 Å². The van der Waals surface area contributed by atoms with Crippen LogP contribution in [0.25, 0.3) is 5.32 Å². The molecule has 0 spiro atoms. The summed E-state index contributed by atoms with van der Waals surface area (Å²) in [5.41, 5.74) is 3.02. The number of benzene rings is 3. The molecule has 1 amide bonds. The van der Waals surface area contributed by atoms with Crippen molar-refractivity contribution in [2.75, 3.05) is 0 Å². The Bertz CT molecular complexity index is 1200. The third kappa shape index (κ3) is 5.88. The van der Waals surface area contributed by atoms with Gasteiger partial charge in [0.1, 0.15) is 0 Å². The molecule has 5 heteroatoms. The van der Waals surface area contributed by atoms with Crippen molar-refractivity contribution in [3.8, 4) is 0 Å². The van der Waals surface area contributed by atoms with Gasteiger partial charge < -0.3 is 10.1 Å². The van der Waals surface area contributed by atoms with Crippen molar-refractivity contribution in [1.29, 1.82) is 0 Å². The van der Waals surface area contributed by atoms with E-state index in [1.807, 2.05) is 24.3 Å². The van der Waals surface area contributed by atoms with E-state index >= 15 is 0 Å². The second-order valence-corrected chi connectivity index (χ2v) is 7.21. The molecule has 3 aromatic rings. The Morgan fingerprint density at radius 2 is 1.31 bits per heavy atom. The van der Waals surface area contributed by atoms with E-state index in [1.54, 1.807) is 72.8 Å². The molecule has 152 valence electrons. The van der Waals surface area contributed by atoms with Crippen molar-refractivity contribution in [3.05, 3.63) is 130 Å². The van der Waals surface area contributed by atoms with Crippen molar-refractivity contribution >= 4 is 23.2 Å². The van der Waals surface area contributed by atoms with Crippen LogP contribution >= 0.6 is 0 Å². The molecule has 3 aromatic carbocycles.